The van der Waals surface area contributed by atoms with Gasteiger partial charge in [0.15, 0.2) is 0 Å². The van der Waals surface area contributed by atoms with Crippen molar-refractivity contribution in [1.29, 1.82) is 0 Å². The van der Waals surface area contributed by atoms with E-state index in [1.807, 2.05) is 0 Å². The van der Waals surface area contributed by atoms with Gasteiger partial charge >= 0.3 is 0 Å². The fraction of sp³-hybridized carbons (Fsp3) is 0.214. The summed E-state index contributed by atoms with van der Waals surface area (Å²) in [5.74, 6) is -0.243. The van der Waals surface area contributed by atoms with Crippen molar-refractivity contribution in [2.45, 2.75) is 17.9 Å². The van der Waals surface area contributed by atoms with Crippen LogP contribution in [0.4, 0.5) is 4.39 Å². The highest BCUT2D eigenvalue weighted by Gasteiger charge is 2.23. The minimum Gasteiger partial charge on any atom is -0.496 e. The number of nitrogens with zero attached hydrogens (tertiary/aromatic N) is 1. The van der Waals surface area contributed by atoms with Gasteiger partial charge in [0.05, 0.1) is 13.2 Å². The fourth-order valence-corrected chi connectivity index (χ4v) is 3.16. The second-order valence-electron chi connectivity index (χ2n) is 4.39. The molecule has 0 fully saturated rings. The second kappa shape index (κ2) is 6.19. The Morgan fingerprint density at radius 2 is 2.05 bits per heavy atom. The van der Waals surface area contributed by atoms with Gasteiger partial charge in [0.1, 0.15) is 16.5 Å². The Labute approximate surface area is 122 Å². The molecule has 0 unspecified atom stereocenters. The van der Waals surface area contributed by atoms with E-state index in [1.165, 1.54) is 43.8 Å². The van der Waals surface area contributed by atoms with Crippen LogP contribution in [0.15, 0.2) is 47.6 Å². The van der Waals surface area contributed by atoms with Crippen molar-refractivity contribution in [3.05, 3.63) is 54.1 Å². The molecule has 1 aromatic heterocycles. The Kier molecular flexibility index (Phi) is 4.54. The third-order valence-electron chi connectivity index (χ3n) is 2.94. The lowest BCUT2D eigenvalue weighted by Gasteiger charge is -2.18. The van der Waals surface area contributed by atoms with Crippen LogP contribution in [-0.2, 0) is 10.0 Å². The Bertz CT molecular complexity index is 720. The van der Waals surface area contributed by atoms with Crippen LogP contribution in [0, 0.1) is 5.82 Å². The number of rotatable bonds is 5. The molecule has 1 atom stereocenters. The Hall–Kier alpha value is -1.99. The first-order chi connectivity index (χ1) is 9.95. The van der Waals surface area contributed by atoms with E-state index in [2.05, 4.69) is 9.71 Å². The van der Waals surface area contributed by atoms with Crippen LogP contribution in [0.5, 0.6) is 5.75 Å². The number of aromatic nitrogens is 1. The molecule has 21 heavy (non-hydrogen) atoms. The van der Waals surface area contributed by atoms with Crippen molar-refractivity contribution in [2.24, 2.45) is 0 Å². The van der Waals surface area contributed by atoms with Gasteiger partial charge in [-0.25, -0.2) is 17.5 Å². The van der Waals surface area contributed by atoms with Crippen molar-refractivity contribution in [3.63, 3.8) is 0 Å². The van der Waals surface area contributed by atoms with Crippen molar-refractivity contribution >= 4 is 10.0 Å². The van der Waals surface area contributed by atoms with Gasteiger partial charge in [-0.1, -0.05) is 6.07 Å². The van der Waals surface area contributed by atoms with E-state index in [9.17, 15) is 12.8 Å². The zero-order valence-electron chi connectivity index (χ0n) is 11.6. The molecule has 1 N–H and O–H groups in total. The average molecular weight is 310 g/mol. The lowest BCUT2D eigenvalue weighted by molar-refractivity contribution is 0.398. The monoisotopic (exact) mass is 310 g/mol. The predicted molar refractivity (Wildman–Crippen MR) is 75.9 cm³/mol. The Balaban J connectivity index is 2.33. The highest BCUT2D eigenvalue weighted by molar-refractivity contribution is 7.89. The maximum Gasteiger partial charge on any atom is 0.242 e. The number of ether oxygens (including phenoxy) is 1. The van der Waals surface area contributed by atoms with E-state index in [0.717, 1.165) is 0 Å². The third-order valence-corrected chi connectivity index (χ3v) is 4.47. The van der Waals surface area contributed by atoms with Crippen LogP contribution in [0.25, 0.3) is 0 Å². The molecule has 0 bridgehead atoms. The fourth-order valence-electron chi connectivity index (χ4n) is 1.98. The standard InChI is InChI=1S/C14H15FN2O3S/c1-10(14-12(15)6-3-7-13(14)20-2)17-21(18,19)11-5-4-8-16-9-11/h3-10,17H,1-2H3/t10-/m0/s1. The second-order valence-corrected chi connectivity index (χ2v) is 6.10. The summed E-state index contributed by atoms with van der Waals surface area (Å²) in [5, 5.41) is 0. The largest absolute Gasteiger partial charge is 0.496 e. The van der Waals surface area contributed by atoms with Crippen molar-refractivity contribution in [1.82, 2.24) is 9.71 Å². The van der Waals surface area contributed by atoms with Gasteiger partial charge in [0, 0.05) is 18.0 Å². The summed E-state index contributed by atoms with van der Waals surface area (Å²) in [6.07, 6.45) is 2.70. The molecule has 0 aliphatic rings. The number of sulfonamides is 1. The third kappa shape index (κ3) is 3.37. The van der Waals surface area contributed by atoms with Crippen LogP contribution in [0.1, 0.15) is 18.5 Å². The number of halogens is 1. The Morgan fingerprint density at radius 3 is 2.67 bits per heavy atom. The van der Waals surface area contributed by atoms with Crippen molar-refractivity contribution in [2.75, 3.05) is 7.11 Å². The number of hydrogen-bond acceptors (Lipinski definition) is 4. The number of hydrogen-bond donors (Lipinski definition) is 1. The normalized spacial score (nSPS) is 12.9. The first-order valence-electron chi connectivity index (χ1n) is 6.20. The topological polar surface area (TPSA) is 68.3 Å². The number of nitrogens with one attached hydrogen (secondary N) is 1. The average Bonchev–Trinajstić information content (AvgIpc) is 2.47. The summed E-state index contributed by atoms with van der Waals surface area (Å²) < 4.78 is 45.9. The molecule has 0 spiro atoms. The van der Waals surface area contributed by atoms with Gasteiger partial charge in [-0.3, -0.25) is 4.98 Å². The van der Waals surface area contributed by atoms with Crippen LogP contribution in [0.3, 0.4) is 0 Å². The van der Waals surface area contributed by atoms with E-state index in [-0.39, 0.29) is 16.2 Å². The lowest BCUT2D eigenvalue weighted by atomic mass is 10.1. The van der Waals surface area contributed by atoms with E-state index >= 15 is 0 Å². The smallest absolute Gasteiger partial charge is 0.242 e. The summed E-state index contributed by atoms with van der Waals surface area (Å²) in [7, 11) is -2.38. The summed E-state index contributed by atoms with van der Waals surface area (Å²) in [5.41, 5.74) is 0.160. The van der Waals surface area contributed by atoms with Crippen molar-refractivity contribution < 1.29 is 17.5 Å². The molecule has 0 aliphatic heterocycles. The zero-order chi connectivity index (χ0) is 15.5. The molecule has 0 saturated heterocycles. The molecule has 112 valence electrons. The molecule has 1 heterocycles. The zero-order valence-corrected chi connectivity index (χ0v) is 12.4. The first-order valence-corrected chi connectivity index (χ1v) is 7.69. The van der Waals surface area contributed by atoms with Gasteiger partial charge < -0.3 is 4.74 Å². The molecule has 2 rings (SSSR count). The maximum absolute atomic E-state index is 13.9. The Morgan fingerprint density at radius 1 is 1.29 bits per heavy atom. The lowest BCUT2D eigenvalue weighted by Crippen LogP contribution is -2.27. The number of pyridine rings is 1. The molecular formula is C14H15FN2O3S. The minimum absolute atomic E-state index is 0.0205. The van der Waals surface area contributed by atoms with E-state index < -0.39 is 21.9 Å². The van der Waals surface area contributed by atoms with E-state index in [4.69, 9.17) is 4.74 Å². The van der Waals surface area contributed by atoms with E-state index in [1.54, 1.807) is 13.0 Å². The van der Waals surface area contributed by atoms with Crippen LogP contribution in [-0.4, -0.2) is 20.5 Å². The summed E-state index contributed by atoms with van der Waals surface area (Å²) >= 11 is 0. The maximum atomic E-state index is 13.9. The van der Waals surface area contributed by atoms with E-state index in [0.29, 0.717) is 0 Å². The molecule has 7 heteroatoms. The first kappa shape index (κ1) is 15.4. The van der Waals surface area contributed by atoms with Crippen molar-refractivity contribution in [3.8, 4) is 5.75 Å². The summed E-state index contributed by atoms with van der Waals surface area (Å²) in [6, 6.07) is 6.48. The van der Waals surface area contributed by atoms with Gasteiger partial charge in [0.25, 0.3) is 0 Å². The number of methoxy groups -OCH3 is 1. The molecule has 5 nitrogen and oxygen atoms in total. The molecule has 0 amide bonds. The predicted octanol–water partition coefficient (Wildman–Crippen LogP) is 2.27. The van der Waals surface area contributed by atoms with Crippen LogP contribution < -0.4 is 9.46 Å². The highest BCUT2D eigenvalue weighted by atomic mass is 32.2. The van der Waals surface area contributed by atoms with Crippen LogP contribution >= 0.6 is 0 Å². The molecule has 0 saturated carbocycles. The van der Waals surface area contributed by atoms with Gasteiger partial charge in [0.2, 0.25) is 10.0 Å². The molecule has 0 aliphatic carbocycles. The van der Waals surface area contributed by atoms with Gasteiger partial charge in [-0.05, 0) is 31.2 Å². The highest BCUT2D eigenvalue weighted by Crippen LogP contribution is 2.28. The summed E-state index contributed by atoms with van der Waals surface area (Å²) in [4.78, 5) is 3.78. The minimum atomic E-state index is -3.78. The SMILES string of the molecule is COc1cccc(F)c1[C@H](C)NS(=O)(=O)c1cccnc1. The molecule has 0 radical (unpaired) electrons. The molecule has 1 aromatic carbocycles. The summed E-state index contributed by atoms with van der Waals surface area (Å²) in [6.45, 7) is 1.55. The molecule has 2 aromatic rings. The van der Waals surface area contributed by atoms with Crippen LogP contribution in [0.2, 0.25) is 0 Å². The molecular weight excluding hydrogens is 295 g/mol. The number of benzene rings is 1. The van der Waals surface area contributed by atoms with Gasteiger partial charge in [-0.2, -0.15) is 0 Å². The quantitative estimate of drug-likeness (QED) is 0.920. The van der Waals surface area contributed by atoms with Gasteiger partial charge in [-0.15, -0.1) is 0 Å².